The average molecular weight is 357 g/mol. The van der Waals surface area contributed by atoms with Crippen molar-refractivity contribution in [3.63, 3.8) is 0 Å². The SMILES string of the molecule is CC(C)n1cc(CN2CCN(CCc3ccccc3)[C@H](CCO)C2)cn1. The minimum Gasteiger partial charge on any atom is -0.396 e. The zero-order chi connectivity index (χ0) is 18.4. The maximum absolute atomic E-state index is 9.50. The summed E-state index contributed by atoms with van der Waals surface area (Å²) in [5.74, 6) is 0. The third-order valence-electron chi connectivity index (χ3n) is 5.27. The molecular weight excluding hydrogens is 324 g/mol. The first-order valence-corrected chi connectivity index (χ1v) is 9.80. The van der Waals surface area contributed by atoms with Crippen molar-refractivity contribution in [2.75, 3.05) is 32.8 Å². The molecule has 2 heterocycles. The van der Waals surface area contributed by atoms with Crippen LogP contribution in [0.4, 0.5) is 0 Å². The fourth-order valence-electron chi connectivity index (χ4n) is 3.74. The first-order chi connectivity index (χ1) is 12.7. The summed E-state index contributed by atoms with van der Waals surface area (Å²) in [6, 6.07) is 11.5. The normalized spacial score (nSPS) is 19.3. The molecule has 0 saturated carbocycles. The van der Waals surface area contributed by atoms with E-state index in [4.69, 9.17) is 0 Å². The number of benzene rings is 1. The summed E-state index contributed by atoms with van der Waals surface area (Å²) >= 11 is 0. The second-order valence-electron chi connectivity index (χ2n) is 7.60. The largest absolute Gasteiger partial charge is 0.396 e. The minimum atomic E-state index is 0.256. The van der Waals surface area contributed by atoms with E-state index in [0.29, 0.717) is 12.1 Å². The molecule has 0 unspecified atom stereocenters. The van der Waals surface area contributed by atoms with E-state index in [-0.39, 0.29) is 6.61 Å². The fraction of sp³-hybridized carbons (Fsp3) is 0.571. The van der Waals surface area contributed by atoms with E-state index in [9.17, 15) is 5.11 Å². The van der Waals surface area contributed by atoms with E-state index in [0.717, 1.165) is 45.6 Å². The van der Waals surface area contributed by atoms with Gasteiger partial charge in [0, 0.05) is 63.2 Å². The van der Waals surface area contributed by atoms with Gasteiger partial charge in [-0.1, -0.05) is 30.3 Å². The van der Waals surface area contributed by atoms with Crippen LogP contribution in [0.2, 0.25) is 0 Å². The molecule has 1 atom stereocenters. The summed E-state index contributed by atoms with van der Waals surface area (Å²) in [6.07, 6.45) is 6.07. The van der Waals surface area contributed by atoms with Crippen LogP contribution in [0.3, 0.4) is 0 Å². The predicted octanol–water partition coefficient (Wildman–Crippen LogP) is 2.58. The number of aromatic nitrogens is 2. The Morgan fingerprint density at radius 1 is 1.15 bits per heavy atom. The molecule has 3 rings (SSSR count). The lowest BCUT2D eigenvalue weighted by Crippen LogP contribution is -2.53. The Bertz CT molecular complexity index is 655. The maximum Gasteiger partial charge on any atom is 0.0534 e. The standard InChI is InChI=1S/C21H32N4O/c1-18(2)25-16-20(14-22-25)15-23-11-12-24(21(17-23)9-13-26)10-8-19-6-4-3-5-7-19/h3-7,14,16,18,21,26H,8-13,15,17H2,1-2H3/t21-/m1/s1. The van der Waals surface area contributed by atoms with Crippen LogP contribution in [0.5, 0.6) is 0 Å². The van der Waals surface area contributed by atoms with Gasteiger partial charge in [-0.3, -0.25) is 14.5 Å². The highest BCUT2D eigenvalue weighted by Crippen LogP contribution is 2.17. The number of hydrogen-bond acceptors (Lipinski definition) is 4. The summed E-state index contributed by atoms with van der Waals surface area (Å²) in [7, 11) is 0. The Morgan fingerprint density at radius 3 is 2.65 bits per heavy atom. The molecule has 0 radical (unpaired) electrons. The molecule has 1 aliphatic heterocycles. The number of hydrogen-bond donors (Lipinski definition) is 1. The van der Waals surface area contributed by atoms with E-state index >= 15 is 0 Å². The van der Waals surface area contributed by atoms with Crippen molar-refractivity contribution in [1.82, 2.24) is 19.6 Å². The molecule has 2 aromatic rings. The maximum atomic E-state index is 9.50. The van der Waals surface area contributed by atoms with Gasteiger partial charge in [0.1, 0.15) is 0 Å². The van der Waals surface area contributed by atoms with Crippen LogP contribution in [0.15, 0.2) is 42.7 Å². The second kappa shape index (κ2) is 9.31. The van der Waals surface area contributed by atoms with Crippen molar-refractivity contribution >= 4 is 0 Å². The van der Waals surface area contributed by atoms with Crippen molar-refractivity contribution in [2.45, 2.75) is 45.3 Å². The summed E-state index contributed by atoms with van der Waals surface area (Å²) in [4.78, 5) is 5.05. The van der Waals surface area contributed by atoms with E-state index < -0.39 is 0 Å². The highest BCUT2D eigenvalue weighted by Gasteiger charge is 2.26. The molecular formula is C21H32N4O. The van der Waals surface area contributed by atoms with Crippen LogP contribution in [0, 0.1) is 0 Å². The Balaban J connectivity index is 1.54. The van der Waals surface area contributed by atoms with Crippen LogP contribution in [0.1, 0.15) is 37.4 Å². The Kier molecular flexibility index (Phi) is 6.83. The van der Waals surface area contributed by atoms with Gasteiger partial charge in [-0.15, -0.1) is 0 Å². The van der Waals surface area contributed by atoms with Crippen molar-refractivity contribution in [2.24, 2.45) is 0 Å². The summed E-state index contributed by atoms with van der Waals surface area (Å²) in [5, 5.41) is 14.0. The smallest absolute Gasteiger partial charge is 0.0534 e. The van der Waals surface area contributed by atoms with Crippen molar-refractivity contribution in [1.29, 1.82) is 0 Å². The predicted molar refractivity (Wildman–Crippen MR) is 105 cm³/mol. The van der Waals surface area contributed by atoms with Crippen LogP contribution in [-0.4, -0.2) is 63.5 Å². The molecule has 1 fully saturated rings. The molecule has 0 spiro atoms. The van der Waals surface area contributed by atoms with Gasteiger partial charge < -0.3 is 5.11 Å². The molecule has 1 aromatic heterocycles. The van der Waals surface area contributed by atoms with Gasteiger partial charge in [0.15, 0.2) is 0 Å². The van der Waals surface area contributed by atoms with Gasteiger partial charge in [-0.25, -0.2) is 0 Å². The highest BCUT2D eigenvalue weighted by atomic mass is 16.3. The average Bonchev–Trinajstić information content (AvgIpc) is 3.11. The summed E-state index contributed by atoms with van der Waals surface area (Å²) in [6.45, 7) is 9.72. The van der Waals surface area contributed by atoms with Gasteiger partial charge in [0.25, 0.3) is 0 Å². The molecule has 0 bridgehead atoms. The molecule has 1 aliphatic rings. The van der Waals surface area contributed by atoms with Crippen LogP contribution < -0.4 is 0 Å². The third-order valence-corrected chi connectivity index (χ3v) is 5.27. The van der Waals surface area contributed by atoms with Crippen molar-refractivity contribution in [3.8, 4) is 0 Å². The third kappa shape index (κ3) is 5.16. The minimum absolute atomic E-state index is 0.256. The first kappa shape index (κ1) is 19.1. The number of nitrogens with zero attached hydrogens (tertiary/aromatic N) is 4. The molecule has 0 amide bonds. The van der Waals surface area contributed by atoms with Gasteiger partial charge >= 0.3 is 0 Å². The van der Waals surface area contributed by atoms with Crippen LogP contribution in [0.25, 0.3) is 0 Å². The van der Waals surface area contributed by atoms with Crippen LogP contribution >= 0.6 is 0 Å². The van der Waals surface area contributed by atoms with Crippen molar-refractivity contribution < 1.29 is 5.11 Å². The molecule has 1 saturated heterocycles. The zero-order valence-corrected chi connectivity index (χ0v) is 16.1. The number of piperazine rings is 1. The lowest BCUT2D eigenvalue weighted by molar-refractivity contribution is 0.0562. The van der Waals surface area contributed by atoms with Gasteiger partial charge in [-0.2, -0.15) is 5.10 Å². The van der Waals surface area contributed by atoms with Crippen molar-refractivity contribution in [3.05, 3.63) is 53.9 Å². The van der Waals surface area contributed by atoms with Gasteiger partial charge in [0.2, 0.25) is 0 Å². The monoisotopic (exact) mass is 356 g/mol. The number of aliphatic hydroxyl groups is 1. The molecule has 5 nitrogen and oxygen atoms in total. The topological polar surface area (TPSA) is 44.5 Å². The second-order valence-corrected chi connectivity index (χ2v) is 7.60. The van der Waals surface area contributed by atoms with E-state index in [1.807, 2.05) is 10.9 Å². The lowest BCUT2D eigenvalue weighted by atomic mass is 10.1. The number of aliphatic hydroxyl groups excluding tert-OH is 1. The Labute approximate surface area is 157 Å². The molecule has 0 aliphatic carbocycles. The summed E-state index contributed by atoms with van der Waals surface area (Å²) in [5.41, 5.74) is 2.66. The lowest BCUT2D eigenvalue weighted by Gasteiger charge is -2.41. The number of rotatable bonds is 8. The Hall–Kier alpha value is -1.69. The molecule has 142 valence electrons. The summed E-state index contributed by atoms with van der Waals surface area (Å²) < 4.78 is 2.02. The fourth-order valence-corrected chi connectivity index (χ4v) is 3.74. The quantitative estimate of drug-likeness (QED) is 0.790. The Morgan fingerprint density at radius 2 is 1.96 bits per heavy atom. The van der Waals surface area contributed by atoms with E-state index in [1.54, 1.807) is 0 Å². The van der Waals surface area contributed by atoms with Crippen LogP contribution in [-0.2, 0) is 13.0 Å². The van der Waals surface area contributed by atoms with Gasteiger partial charge in [0.05, 0.1) is 6.20 Å². The first-order valence-electron chi connectivity index (χ1n) is 9.80. The zero-order valence-electron chi connectivity index (χ0n) is 16.1. The molecule has 26 heavy (non-hydrogen) atoms. The molecule has 1 N–H and O–H groups in total. The highest BCUT2D eigenvalue weighted by molar-refractivity contribution is 5.15. The van der Waals surface area contributed by atoms with E-state index in [1.165, 1.54) is 11.1 Å². The molecule has 1 aromatic carbocycles. The molecule has 5 heteroatoms. The van der Waals surface area contributed by atoms with Gasteiger partial charge in [-0.05, 0) is 32.3 Å². The van der Waals surface area contributed by atoms with E-state index in [2.05, 4.69) is 65.3 Å².